The molecule has 3 rings (SSSR count). The van der Waals surface area contributed by atoms with Crippen LogP contribution in [0.15, 0.2) is 53.1 Å². The highest BCUT2D eigenvalue weighted by Crippen LogP contribution is 2.23. The van der Waals surface area contributed by atoms with Gasteiger partial charge in [0, 0.05) is 12.1 Å². The van der Waals surface area contributed by atoms with Crippen molar-refractivity contribution in [3.63, 3.8) is 0 Å². The molecule has 0 bridgehead atoms. The molecule has 2 heterocycles. The van der Waals surface area contributed by atoms with Crippen molar-refractivity contribution in [2.75, 3.05) is 26.7 Å². The number of carbonyl (C=O) groups is 1. The van der Waals surface area contributed by atoms with Crippen molar-refractivity contribution in [1.82, 2.24) is 20.0 Å². The number of furan rings is 1. The van der Waals surface area contributed by atoms with Crippen molar-refractivity contribution >= 4 is 5.91 Å². The molecule has 1 aromatic carbocycles. The number of amides is 1. The topological polar surface area (TPSA) is 72.5 Å². The van der Waals surface area contributed by atoms with Crippen LogP contribution in [0, 0.1) is 0 Å². The standard InChI is InChI=1S/C24H32N4O3/c1-5-27(6-2)15-7-9-18(3)25-24(29)22-17-21(23-10-8-16-31-23)26-28(22)19-11-13-20(30-4)14-12-19/h8,10-14,16-18H,5-7,9,15H2,1-4H3,(H,25,29). The first-order valence-corrected chi connectivity index (χ1v) is 10.9. The summed E-state index contributed by atoms with van der Waals surface area (Å²) in [5, 5.41) is 7.75. The molecular formula is C24H32N4O3. The molecule has 0 spiro atoms. The smallest absolute Gasteiger partial charge is 0.270 e. The third-order valence-corrected chi connectivity index (χ3v) is 5.42. The number of hydrogen-bond donors (Lipinski definition) is 1. The van der Waals surface area contributed by atoms with E-state index in [1.54, 1.807) is 30.2 Å². The second-order valence-electron chi connectivity index (χ2n) is 7.55. The van der Waals surface area contributed by atoms with E-state index in [4.69, 9.17) is 9.15 Å². The third-order valence-electron chi connectivity index (χ3n) is 5.42. The average molecular weight is 425 g/mol. The molecule has 1 amide bonds. The summed E-state index contributed by atoms with van der Waals surface area (Å²) in [7, 11) is 1.62. The number of nitrogens with one attached hydrogen (secondary N) is 1. The van der Waals surface area contributed by atoms with Gasteiger partial charge in [-0.25, -0.2) is 4.68 Å². The van der Waals surface area contributed by atoms with Gasteiger partial charge in [-0.05, 0) is 75.8 Å². The van der Waals surface area contributed by atoms with Gasteiger partial charge < -0.3 is 19.4 Å². The maximum absolute atomic E-state index is 13.1. The number of rotatable bonds is 11. The number of carbonyl (C=O) groups excluding carboxylic acids is 1. The molecule has 2 aromatic heterocycles. The van der Waals surface area contributed by atoms with Crippen molar-refractivity contribution in [3.8, 4) is 22.9 Å². The summed E-state index contributed by atoms with van der Waals surface area (Å²) in [6, 6.07) is 12.9. The molecule has 0 aliphatic carbocycles. The molecule has 0 fully saturated rings. The van der Waals surface area contributed by atoms with Crippen molar-refractivity contribution in [2.45, 2.75) is 39.7 Å². The maximum Gasteiger partial charge on any atom is 0.270 e. The molecule has 7 heteroatoms. The monoisotopic (exact) mass is 424 g/mol. The van der Waals surface area contributed by atoms with E-state index in [0.717, 1.165) is 43.9 Å². The van der Waals surface area contributed by atoms with Gasteiger partial charge in [-0.3, -0.25) is 4.79 Å². The number of nitrogens with zero attached hydrogens (tertiary/aromatic N) is 3. The highest BCUT2D eigenvalue weighted by molar-refractivity contribution is 5.94. The van der Waals surface area contributed by atoms with Gasteiger partial charge in [0.15, 0.2) is 5.76 Å². The number of benzene rings is 1. The zero-order chi connectivity index (χ0) is 22.2. The number of hydrogen-bond acceptors (Lipinski definition) is 5. The summed E-state index contributed by atoms with van der Waals surface area (Å²) in [6.07, 6.45) is 3.56. The zero-order valence-electron chi connectivity index (χ0n) is 18.8. The third kappa shape index (κ3) is 5.76. The lowest BCUT2D eigenvalue weighted by Crippen LogP contribution is -2.34. The van der Waals surface area contributed by atoms with Crippen LogP contribution < -0.4 is 10.1 Å². The van der Waals surface area contributed by atoms with Gasteiger partial charge in [0.1, 0.15) is 17.1 Å². The molecule has 1 N–H and O–H groups in total. The first-order valence-electron chi connectivity index (χ1n) is 10.9. The Kier molecular flexibility index (Phi) is 7.89. The molecule has 3 aromatic rings. The van der Waals surface area contributed by atoms with E-state index >= 15 is 0 Å². The van der Waals surface area contributed by atoms with Crippen LogP contribution in [0.2, 0.25) is 0 Å². The Morgan fingerprint density at radius 3 is 2.58 bits per heavy atom. The van der Waals surface area contributed by atoms with Gasteiger partial charge in [-0.15, -0.1) is 0 Å². The van der Waals surface area contributed by atoms with E-state index in [9.17, 15) is 4.79 Å². The van der Waals surface area contributed by atoms with Gasteiger partial charge in [-0.1, -0.05) is 13.8 Å². The predicted molar refractivity (Wildman–Crippen MR) is 122 cm³/mol. The fourth-order valence-corrected chi connectivity index (χ4v) is 3.54. The van der Waals surface area contributed by atoms with Gasteiger partial charge >= 0.3 is 0 Å². The quantitative estimate of drug-likeness (QED) is 0.494. The lowest BCUT2D eigenvalue weighted by atomic mass is 10.1. The van der Waals surface area contributed by atoms with Crippen LogP contribution in [0.25, 0.3) is 17.1 Å². The van der Waals surface area contributed by atoms with Gasteiger partial charge in [0.2, 0.25) is 0 Å². The van der Waals surface area contributed by atoms with E-state index in [2.05, 4.69) is 29.2 Å². The highest BCUT2D eigenvalue weighted by Gasteiger charge is 2.20. The summed E-state index contributed by atoms with van der Waals surface area (Å²) >= 11 is 0. The van der Waals surface area contributed by atoms with E-state index in [-0.39, 0.29) is 11.9 Å². The second-order valence-corrected chi connectivity index (χ2v) is 7.55. The number of ether oxygens (including phenoxy) is 1. The summed E-state index contributed by atoms with van der Waals surface area (Å²) < 4.78 is 12.4. The second kappa shape index (κ2) is 10.8. The van der Waals surface area contributed by atoms with Gasteiger partial charge in [0.05, 0.1) is 19.1 Å². The summed E-state index contributed by atoms with van der Waals surface area (Å²) in [4.78, 5) is 15.5. The Bertz CT molecular complexity index is 944. The fraction of sp³-hybridized carbons (Fsp3) is 0.417. The summed E-state index contributed by atoms with van der Waals surface area (Å²) in [6.45, 7) is 9.53. The van der Waals surface area contributed by atoms with Crippen LogP contribution in [0.1, 0.15) is 44.1 Å². The maximum atomic E-state index is 13.1. The summed E-state index contributed by atoms with van der Waals surface area (Å²) in [5.41, 5.74) is 1.85. The predicted octanol–water partition coefficient (Wildman–Crippen LogP) is 4.38. The van der Waals surface area contributed by atoms with Crippen LogP contribution in [-0.4, -0.2) is 53.4 Å². The molecule has 1 unspecified atom stereocenters. The van der Waals surface area contributed by atoms with Crippen LogP contribution in [0.5, 0.6) is 5.75 Å². The largest absolute Gasteiger partial charge is 0.497 e. The van der Waals surface area contributed by atoms with Crippen molar-refractivity contribution in [3.05, 3.63) is 54.4 Å². The molecule has 1 atom stereocenters. The van der Waals surface area contributed by atoms with Crippen molar-refractivity contribution < 1.29 is 13.9 Å². The van der Waals surface area contributed by atoms with E-state index in [1.807, 2.05) is 37.3 Å². The molecule has 0 saturated carbocycles. The van der Waals surface area contributed by atoms with Crippen molar-refractivity contribution in [1.29, 1.82) is 0 Å². The lowest BCUT2D eigenvalue weighted by molar-refractivity contribution is 0.0929. The molecule has 0 aliphatic heterocycles. The first-order chi connectivity index (χ1) is 15.0. The van der Waals surface area contributed by atoms with E-state index < -0.39 is 0 Å². The molecule has 0 aliphatic rings. The molecule has 0 radical (unpaired) electrons. The molecule has 7 nitrogen and oxygen atoms in total. The average Bonchev–Trinajstić information content (AvgIpc) is 3.47. The Labute approximate surface area is 184 Å². The Morgan fingerprint density at radius 1 is 1.23 bits per heavy atom. The Morgan fingerprint density at radius 2 is 1.97 bits per heavy atom. The summed E-state index contributed by atoms with van der Waals surface area (Å²) in [5.74, 6) is 1.21. The van der Waals surface area contributed by atoms with Crippen LogP contribution in [0.4, 0.5) is 0 Å². The molecule has 0 saturated heterocycles. The zero-order valence-corrected chi connectivity index (χ0v) is 18.8. The first kappa shape index (κ1) is 22.6. The molecular weight excluding hydrogens is 392 g/mol. The molecule has 166 valence electrons. The van der Waals surface area contributed by atoms with Crippen molar-refractivity contribution in [2.24, 2.45) is 0 Å². The van der Waals surface area contributed by atoms with E-state index in [1.165, 1.54) is 0 Å². The van der Waals surface area contributed by atoms with Crippen LogP contribution in [-0.2, 0) is 0 Å². The minimum absolute atomic E-state index is 0.0642. The molecule has 31 heavy (non-hydrogen) atoms. The Balaban J connectivity index is 1.77. The minimum Gasteiger partial charge on any atom is -0.497 e. The van der Waals surface area contributed by atoms with Gasteiger partial charge in [-0.2, -0.15) is 5.10 Å². The normalized spacial score (nSPS) is 12.2. The van der Waals surface area contributed by atoms with E-state index in [0.29, 0.717) is 17.1 Å². The fourth-order valence-electron chi connectivity index (χ4n) is 3.54. The van der Waals surface area contributed by atoms with Crippen LogP contribution >= 0.6 is 0 Å². The SMILES string of the molecule is CCN(CC)CCCC(C)NC(=O)c1cc(-c2ccco2)nn1-c1ccc(OC)cc1. The minimum atomic E-state index is -0.156. The van der Waals surface area contributed by atoms with Crippen LogP contribution in [0.3, 0.4) is 0 Å². The number of methoxy groups -OCH3 is 1. The highest BCUT2D eigenvalue weighted by atomic mass is 16.5. The van der Waals surface area contributed by atoms with Gasteiger partial charge in [0.25, 0.3) is 5.91 Å². The Hall–Kier alpha value is -3.06. The lowest BCUT2D eigenvalue weighted by Gasteiger charge is -2.20. The number of aromatic nitrogens is 2.